The molecule has 0 radical (unpaired) electrons. The smallest absolute Gasteiger partial charge is 0.274 e. The van der Waals surface area contributed by atoms with Crippen LogP contribution in [0.25, 0.3) is 22.1 Å². The maximum Gasteiger partial charge on any atom is 0.274 e. The van der Waals surface area contributed by atoms with Crippen molar-refractivity contribution in [3.05, 3.63) is 110 Å². The van der Waals surface area contributed by atoms with E-state index in [-0.39, 0.29) is 17.2 Å². The van der Waals surface area contributed by atoms with E-state index in [0.717, 1.165) is 0 Å². The number of rotatable bonds is 3. The minimum Gasteiger partial charge on any atom is -0.289 e. The molecule has 140 valence electrons. The first kappa shape index (κ1) is 17.5. The molecule has 6 heteroatoms. The van der Waals surface area contributed by atoms with Gasteiger partial charge in [-0.3, -0.25) is 9.59 Å². The molecule has 2 heterocycles. The monoisotopic (exact) mass is 400 g/mol. The molecule has 0 aliphatic heterocycles. The molecule has 5 aromatic rings. The molecule has 0 aliphatic carbocycles. The maximum atomic E-state index is 13.9. The van der Waals surface area contributed by atoms with Gasteiger partial charge in [0.2, 0.25) is 0 Å². The molecule has 0 amide bonds. The van der Waals surface area contributed by atoms with Gasteiger partial charge in [-0.25, -0.2) is 13.8 Å². The number of hydrogen-bond acceptors (Lipinski definition) is 4. The first-order valence-corrected chi connectivity index (χ1v) is 9.74. The fourth-order valence-corrected chi connectivity index (χ4v) is 4.27. The van der Waals surface area contributed by atoms with Crippen LogP contribution >= 0.6 is 11.3 Å². The molecule has 0 saturated carbocycles. The standard InChI is InChI=1S/C23H13FN2O2S/c24-17-9-5-4-8-15(17)13-20-22(28)26-19-11-10-16(12-18(19)25-23(26)29-20)21(27)14-6-2-1-3-7-14/h1-13H/b20-13-. The van der Waals surface area contributed by atoms with Crippen molar-refractivity contribution in [2.75, 3.05) is 0 Å². The van der Waals surface area contributed by atoms with Crippen molar-refractivity contribution in [2.45, 2.75) is 0 Å². The second-order valence-electron chi connectivity index (χ2n) is 6.57. The molecule has 0 aliphatic rings. The van der Waals surface area contributed by atoms with Crippen molar-refractivity contribution in [2.24, 2.45) is 0 Å². The van der Waals surface area contributed by atoms with Crippen molar-refractivity contribution in [1.82, 2.24) is 9.38 Å². The number of hydrogen-bond donors (Lipinski definition) is 0. The van der Waals surface area contributed by atoms with Gasteiger partial charge in [-0.05, 0) is 30.3 Å². The van der Waals surface area contributed by atoms with Gasteiger partial charge in [0.25, 0.3) is 5.56 Å². The summed E-state index contributed by atoms with van der Waals surface area (Å²) in [6.45, 7) is 0. The summed E-state index contributed by atoms with van der Waals surface area (Å²) in [6.07, 6.45) is 1.54. The van der Waals surface area contributed by atoms with Crippen LogP contribution in [0.4, 0.5) is 4.39 Å². The van der Waals surface area contributed by atoms with E-state index >= 15 is 0 Å². The highest BCUT2D eigenvalue weighted by molar-refractivity contribution is 7.15. The Morgan fingerprint density at radius 1 is 0.966 bits per heavy atom. The SMILES string of the molecule is O=C(c1ccccc1)c1ccc2c(c1)nc1s/c(=C\c3ccccc3F)c(=O)n12. The topological polar surface area (TPSA) is 51.4 Å². The molecule has 2 aromatic heterocycles. The van der Waals surface area contributed by atoms with E-state index in [4.69, 9.17) is 0 Å². The molecule has 0 atom stereocenters. The van der Waals surface area contributed by atoms with Crippen LogP contribution in [0.2, 0.25) is 0 Å². The molecule has 5 rings (SSSR count). The Kier molecular flexibility index (Phi) is 4.07. The highest BCUT2D eigenvalue weighted by Crippen LogP contribution is 2.20. The van der Waals surface area contributed by atoms with E-state index < -0.39 is 0 Å². The van der Waals surface area contributed by atoms with Crippen molar-refractivity contribution in [3.63, 3.8) is 0 Å². The van der Waals surface area contributed by atoms with Gasteiger partial charge in [0, 0.05) is 16.7 Å². The Bertz CT molecular complexity index is 1500. The molecule has 0 N–H and O–H groups in total. The Morgan fingerprint density at radius 2 is 1.72 bits per heavy atom. The molecule has 0 unspecified atom stereocenters. The second kappa shape index (κ2) is 6.76. The van der Waals surface area contributed by atoms with Crippen LogP contribution in [0.1, 0.15) is 21.5 Å². The highest BCUT2D eigenvalue weighted by atomic mass is 32.1. The number of carbonyl (C=O) groups is 1. The van der Waals surface area contributed by atoms with Crippen molar-refractivity contribution in [1.29, 1.82) is 0 Å². The van der Waals surface area contributed by atoms with Crippen LogP contribution in [0.15, 0.2) is 77.6 Å². The van der Waals surface area contributed by atoms with E-state index in [2.05, 4.69) is 4.98 Å². The van der Waals surface area contributed by atoms with Gasteiger partial charge < -0.3 is 0 Å². The van der Waals surface area contributed by atoms with Crippen LogP contribution in [-0.4, -0.2) is 15.2 Å². The number of ketones is 1. The van der Waals surface area contributed by atoms with Gasteiger partial charge >= 0.3 is 0 Å². The number of thiazole rings is 1. The van der Waals surface area contributed by atoms with E-state index in [1.807, 2.05) is 18.2 Å². The summed E-state index contributed by atoms with van der Waals surface area (Å²) < 4.78 is 15.8. The molecule has 4 nitrogen and oxygen atoms in total. The summed E-state index contributed by atoms with van der Waals surface area (Å²) in [5, 5.41) is 0. The lowest BCUT2D eigenvalue weighted by atomic mass is 10.0. The quantitative estimate of drug-likeness (QED) is 0.433. The Morgan fingerprint density at radius 3 is 2.52 bits per heavy atom. The molecule has 0 saturated heterocycles. The van der Waals surface area contributed by atoms with E-state index in [9.17, 15) is 14.0 Å². The Balaban J connectivity index is 1.64. The zero-order valence-corrected chi connectivity index (χ0v) is 15.8. The number of fused-ring (bicyclic) bond motifs is 3. The molecule has 0 spiro atoms. The van der Waals surface area contributed by atoms with E-state index in [0.29, 0.717) is 37.2 Å². The minimum atomic E-state index is -0.383. The lowest BCUT2D eigenvalue weighted by molar-refractivity contribution is 0.103. The largest absolute Gasteiger partial charge is 0.289 e. The predicted octanol–water partition coefficient (Wildman–Crippen LogP) is 3.83. The molecular weight excluding hydrogens is 387 g/mol. The second-order valence-corrected chi connectivity index (χ2v) is 7.57. The summed E-state index contributed by atoms with van der Waals surface area (Å²) in [6, 6.07) is 20.4. The Hall–Kier alpha value is -3.64. The highest BCUT2D eigenvalue weighted by Gasteiger charge is 2.15. The lowest BCUT2D eigenvalue weighted by Gasteiger charge is -2.01. The third-order valence-electron chi connectivity index (χ3n) is 4.73. The van der Waals surface area contributed by atoms with Crippen LogP contribution in [0.5, 0.6) is 0 Å². The van der Waals surface area contributed by atoms with Crippen LogP contribution in [0, 0.1) is 5.82 Å². The zero-order valence-electron chi connectivity index (χ0n) is 15.0. The first-order chi connectivity index (χ1) is 14.1. The summed E-state index contributed by atoms with van der Waals surface area (Å²) in [5.74, 6) is -0.480. The third-order valence-corrected chi connectivity index (χ3v) is 5.70. The zero-order chi connectivity index (χ0) is 20.0. The number of halogens is 1. The van der Waals surface area contributed by atoms with Gasteiger partial charge in [-0.2, -0.15) is 0 Å². The number of imidazole rings is 1. The van der Waals surface area contributed by atoms with Crippen LogP contribution < -0.4 is 10.1 Å². The first-order valence-electron chi connectivity index (χ1n) is 8.93. The fourth-order valence-electron chi connectivity index (χ4n) is 3.30. The minimum absolute atomic E-state index is 0.0974. The summed E-state index contributed by atoms with van der Waals surface area (Å²) >= 11 is 1.20. The summed E-state index contributed by atoms with van der Waals surface area (Å²) in [5.41, 5.74) is 2.41. The van der Waals surface area contributed by atoms with Gasteiger partial charge in [0.05, 0.1) is 15.6 Å². The molecule has 29 heavy (non-hydrogen) atoms. The Labute approximate surface area is 168 Å². The molecule has 0 fully saturated rings. The van der Waals surface area contributed by atoms with Gasteiger partial charge in [-0.1, -0.05) is 59.9 Å². The van der Waals surface area contributed by atoms with Crippen molar-refractivity contribution >= 4 is 39.2 Å². The number of benzene rings is 3. The third kappa shape index (κ3) is 2.94. The summed E-state index contributed by atoms with van der Waals surface area (Å²) in [4.78, 5) is 30.6. The number of aromatic nitrogens is 2. The van der Waals surface area contributed by atoms with E-state index in [1.165, 1.54) is 27.9 Å². The van der Waals surface area contributed by atoms with Crippen LogP contribution in [0.3, 0.4) is 0 Å². The maximum absolute atomic E-state index is 13.9. The van der Waals surface area contributed by atoms with Gasteiger partial charge in [0.1, 0.15) is 5.82 Å². The fraction of sp³-hybridized carbons (Fsp3) is 0. The molecular formula is C23H13FN2O2S. The van der Waals surface area contributed by atoms with Crippen molar-refractivity contribution < 1.29 is 9.18 Å². The molecule has 0 bridgehead atoms. The predicted molar refractivity (Wildman–Crippen MR) is 112 cm³/mol. The number of carbonyl (C=O) groups excluding carboxylic acids is 1. The van der Waals surface area contributed by atoms with E-state index in [1.54, 1.807) is 48.5 Å². The van der Waals surface area contributed by atoms with Crippen molar-refractivity contribution in [3.8, 4) is 0 Å². The average Bonchev–Trinajstić information content (AvgIpc) is 3.25. The summed E-state index contributed by atoms with van der Waals surface area (Å²) in [7, 11) is 0. The lowest BCUT2D eigenvalue weighted by Crippen LogP contribution is -2.22. The van der Waals surface area contributed by atoms with Gasteiger partial charge in [0.15, 0.2) is 10.7 Å². The normalized spacial score (nSPS) is 12.1. The van der Waals surface area contributed by atoms with Crippen LogP contribution in [-0.2, 0) is 0 Å². The van der Waals surface area contributed by atoms with Gasteiger partial charge in [-0.15, -0.1) is 0 Å². The molecule has 3 aromatic carbocycles. The number of nitrogens with zero attached hydrogens (tertiary/aromatic N) is 2. The average molecular weight is 400 g/mol.